The summed E-state index contributed by atoms with van der Waals surface area (Å²) in [4.78, 5) is 9.63. The quantitative estimate of drug-likeness (QED) is 0.330. The van der Waals surface area contributed by atoms with Crippen LogP contribution >= 0.6 is 0 Å². The Hall–Kier alpha value is -1.05. The van der Waals surface area contributed by atoms with Crippen molar-refractivity contribution in [1.82, 2.24) is 0 Å². The maximum Gasteiger partial charge on any atom is 0.293 e. The van der Waals surface area contributed by atoms with Gasteiger partial charge in [-0.25, -0.2) is 0 Å². The van der Waals surface area contributed by atoms with Crippen LogP contribution in [0.15, 0.2) is 24.3 Å². The van der Waals surface area contributed by atoms with E-state index in [1.54, 1.807) is 0 Å². The van der Waals surface area contributed by atoms with E-state index >= 15 is 0 Å². The Balaban J connectivity index is 3.09. The van der Waals surface area contributed by atoms with E-state index in [9.17, 15) is 4.79 Å². The Morgan fingerprint density at radius 1 is 1.40 bits per heavy atom. The van der Waals surface area contributed by atoms with E-state index in [1.165, 1.54) is 0 Å². The van der Waals surface area contributed by atoms with Gasteiger partial charge in [-0.15, -0.1) is 0 Å². The average Bonchev–Trinajstić information content (AvgIpc) is 1.97. The van der Waals surface area contributed by atoms with E-state index in [0.29, 0.717) is 13.1 Å². The van der Waals surface area contributed by atoms with Crippen molar-refractivity contribution < 1.29 is 9.53 Å². The van der Waals surface area contributed by atoms with Crippen LogP contribution in [0.25, 0.3) is 0 Å². The molecule has 0 aromatic carbocycles. The van der Waals surface area contributed by atoms with Gasteiger partial charge in [0.2, 0.25) is 0 Å². The second kappa shape index (κ2) is 7.95. The molecule has 0 bridgehead atoms. The van der Waals surface area contributed by atoms with Crippen LogP contribution in [0, 0.1) is 0 Å². The highest BCUT2D eigenvalue weighted by Gasteiger charge is 1.76. The van der Waals surface area contributed by atoms with Gasteiger partial charge in [0.15, 0.2) is 0 Å². The maximum atomic E-state index is 9.63. The van der Waals surface area contributed by atoms with Gasteiger partial charge in [0.05, 0.1) is 6.61 Å². The first-order valence-corrected chi connectivity index (χ1v) is 3.25. The number of allylic oxidation sites excluding steroid dienone is 3. The highest BCUT2D eigenvalue weighted by Crippen LogP contribution is 1.84. The summed E-state index contributed by atoms with van der Waals surface area (Å²) in [6.07, 6.45) is 8.53. The number of carbonyl (C=O) groups is 1. The summed E-state index contributed by atoms with van der Waals surface area (Å²) >= 11 is 0. The Morgan fingerprint density at radius 3 is 2.80 bits per heavy atom. The van der Waals surface area contributed by atoms with Crippen molar-refractivity contribution in [2.24, 2.45) is 0 Å². The highest BCUT2D eigenvalue weighted by atomic mass is 16.5. The SMILES string of the molecule is C/C=C/C=C/CCOC=O. The van der Waals surface area contributed by atoms with Crippen molar-refractivity contribution in [2.75, 3.05) is 6.61 Å². The van der Waals surface area contributed by atoms with Crippen LogP contribution in [0.5, 0.6) is 0 Å². The first-order valence-electron chi connectivity index (χ1n) is 3.25. The number of ether oxygens (including phenoxy) is 1. The summed E-state index contributed by atoms with van der Waals surface area (Å²) in [7, 11) is 0. The molecule has 0 radical (unpaired) electrons. The molecule has 2 heteroatoms. The lowest BCUT2D eigenvalue weighted by molar-refractivity contribution is -0.128. The van der Waals surface area contributed by atoms with Crippen LogP contribution in [0.2, 0.25) is 0 Å². The molecular weight excluding hydrogens is 128 g/mol. The number of hydrogen-bond acceptors (Lipinski definition) is 2. The monoisotopic (exact) mass is 140 g/mol. The predicted molar refractivity (Wildman–Crippen MR) is 40.6 cm³/mol. The standard InChI is InChI=1S/C8H12O2/c1-2-3-4-5-6-7-10-8-9/h2-5,8H,6-7H2,1H3/b3-2+,5-4+. The van der Waals surface area contributed by atoms with Crippen LogP contribution in [0.4, 0.5) is 0 Å². The van der Waals surface area contributed by atoms with Crippen molar-refractivity contribution in [2.45, 2.75) is 13.3 Å². The van der Waals surface area contributed by atoms with Gasteiger partial charge in [0.25, 0.3) is 6.47 Å². The fourth-order valence-electron chi connectivity index (χ4n) is 0.470. The van der Waals surface area contributed by atoms with E-state index in [0.717, 1.165) is 6.42 Å². The molecule has 0 aromatic heterocycles. The minimum atomic E-state index is 0.462. The average molecular weight is 140 g/mol. The van der Waals surface area contributed by atoms with Gasteiger partial charge in [0.1, 0.15) is 0 Å². The van der Waals surface area contributed by atoms with Crippen LogP contribution in [0.3, 0.4) is 0 Å². The van der Waals surface area contributed by atoms with Gasteiger partial charge in [-0.1, -0.05) is 24.3 Å². The summed E-state index contributed by atoms with van der Waals surface area (Å²) in [5, 5.41) is 0. The van der Waals surface area contributed by atoms with Crippen molar-refractivity contribution >= 4 is 6.47 Å². The molecule has 10 heavy (non-hydrogen) atoms. The minimum absolute atomic E-state index is 0.462. The zero-order chi connectivity index (χ0) is 7.66. The van der Waals surface area contributed by atoms with Crippen LogP contribution in [-0.4, -0.2) is 13.1 Å². The van der Waals surface area contributed by atoms with Crippen LogP contribution in [0.1, 0.15) is 13.3 Å². The molecule has 0 aliphatic rings. The molecule has 0 aromatic rings. The first kappa shape index (κ1) is 8.95. The van der Waals surface area contributed by atoms with Gasteiger partial charge in [-0.05, 0) is 13.3 Å². The summed E-state index contributed by atoms with van der Waals surface area (Å²) in [6, 6.07) is 0. The van der Waals surface area contributed by atoms with E-state index < -0.39 is 0 Å². The fourth-order valence-corrected chi connectivity index (χ4v) is 0.470. The van der Waals surface area contributed by atoms with Crippen LogP contribution in [-0.2, 0) is 9.53 Å². The lowest BCUT2D eigenvalue weighted by Gasteiger charge is -1.89. The van der Waals surface area contributed by atoms with Gasteiger partial charge >= 0.3 is 0 Å². The van der Waals surface area contributed by atoms with Gasteiger partial charge < -0.3 is 4.74 Å². The van der Waals surface area contributed by atoms with E-state index in [4.69, 9.17) is 0 Å². The van der Waals surface area contributed by atoms with Gasteiger partial charge in [0, 0.05) is 0 Å². The fraction of sp³-hybridized carbons (Fsp3) is 0.375. The third-order valence-electron chi connectivity index (χ3n) is 0.910. The second-order valence-electron chi connectivity index (χ2n) is 1.71. The third kappa shape index (κ3) is 6.95. The molecule has 0 fully saturated rings. The smallest absolute Gasteiger partial charge is 0.293 e. The molecule has 2 nitrogen and oxygen atoms in total. The zero-order valence-electron chi connectivity index (χ0n) is 6.12. The second-order valence-corrected chi connectivity index (χ2v) is 1.71. The van der Waals surface area contributed by atoms with E-state index in [1.807, 2.05) is 31.2 Å². The summed E-state index contributed by atoms with van der Waals surface area (Å²) in [5.74, 6) is 0. The molecule has 0 aliphatic carbocycles. The zero-order valence-corrected chi connectivity index (χ0v) is 6.12. The molecule has 0 saturated carbocycles. The minimum Gasteiger partial charge on any atom is -0.468 e. The maximum absolute atomic E-state index is 9.63. The molecule has 0 saturated heterocycles. The lowest BCUT2D eigenvalue weighted by atomic mass is 10.4. The van der Waals surface area contributed by atoms with Crippen LogP contribution < -0.4 is 0 Å². The van der Waals surface area contributed by atoms with Crippen molar-refractivity contribution in [3.63, 3.8) is 0 Å². The Morgan fingerprint density at radius 2 is 2.20 bits per heavy atom. The Bertz CT molecular complexity index is 125. The van der Waals surface area contributed by atoms with Crippen molar-refractivity contribution in [1.29, 1.82) is 0 Å². The molecule has 0 heterocycles. The van der Waals surface area contributed by atoms with Gasteiger partial charge in [-0.2, -0.15) is 0 Å². The molecule has 0 rings (SSSR count). The normalized spacial score (nSPS) is 10.9. The van der Waals surface area contributed by atoms with E-state index in [2.05, 4.69) is 4.74 Å². The van der Waals surface area contributed by atoms with Crippen molar-refractivity contribution in [3.8, 4) is 0 Å². The Kier molecular flexibility index (Phi) is 7.12. The summed E-state index contributed by atoms with van der Waals surface area (Å²) in [6.45, 7) is 2.88. The third-order valence-corrected chi connectivity index (χ3v) is 0.910. The largest absolute Gasteiger partial charge is 0.468 e. The number of carbonyl (C=O) groups excluding carboxylic acids is 1. The number of rotatable bonds is 5. The summed E-state index contributed by atoms with van der Waals surface area (Å²) in [5.41, 5.74) is 0. The molecule has 0 atom stereocenters. The molecular formula is C8H12O2. The molecule has 0 unspecified atom stereocenters. The molecule has 0 aliphatic heterocycles. The molecule has 0 amide bonds. The topological polar surface area (TPSA) is 26.3 Å². The number of hydrogen-bond donors (Lipinski definition) is 0. The molecule has 0 N–H and O–H groups in total. The molecule has 0 spiro atoms. The van der Waals surface area contributed by atoms with Gasteiger partial charge in [-0.3, -0.25) is 4.79 Å². The summed E-state index contributed by atoms with van der Waals surface area (Å²) < 4.78 is 4.46. The lowest BCUT2D eigenvalue weighted by Crippen LogP contribution is -1.87. The van der Waals surface area contributed by atoms with Crippen molar-refractivity contribution in [3.05, 3.63) is 24.3 Å². The predicted octanol–water partition coefficient (Wildman–Crippen LogP) is 1.68. The first-order chi connectivity index (χ1) is 4.91. The highest BCUT2D eigenvalue weighted by molar-refractivity contribution is 5.36. The van der Waals surface area contributed by atoms with E-state index in [-0.39, 0.29) is 0 Å². The molecule has 56 valence electrons. The Labute approximate surface area is 61.2 Å².